The van der Waals surface area contributed by atoms with E-state index in [4.69, 9.17) is 0 Å². The molecule has 1 aromatic heterocycles. The smallest absolute Gasteiger partial charge is 0.138 e. The third kappa shape index (κ3) is 2.28. The van der Waals surface area contributed by atoms with Gasteiger partial charge in [0.25, 0.3) is 0 Å². The zero-order chi connectivity index (χ0) is 11.4. The van der Waals surface area contributed by atoms with Crippen LogP contribution in [-0.4, -0.2) is 23.0 Å². The van der Waals surface area contributed by atoms with Crippen LogP contribution in [0.4, 0.5) is 0 Å². The van der Waals surface area contributed by atoms with E-state index in [-0.39, 0.29) is 6.04 Å². The molecular weight excluding hydrogens is 198 g/mol. The van der Waals surface area contributed by atoms with Gasteiger partial charge in [0.1, 0.15) is 6.04 Å². The highest BCUT2D eigenvalue weighted by Gasteiger charge is 2.25. The summed E-state index contributed by atoms with van der Waals surface area (Å²) in [5, 5.41) is 9.29. The van der Waals surface area contributed by atoms with Gasteiger partial charge in [0, 0.05) is 17.9 Å². The maximum Gasteiger partial charge on any atom is 0.138 e. The number of aromatic amines is 1. The summed E-state index contributed by atoms with van der Waals surface area (Å²) >= 11 is 0. The molecule has 1 N–H and O–H groups in total. The lowest BCUT2D eigenvalue weighted by Crippen LogP contribution is -2.36. The summed E-state index contributed by atoms with van der Waals surface area (Å²) in [6.07, 6.45) is 8.30. The Kier molecular flexibility index (Phi) is 3.63. The van der Waals surface area contributed by atoms with E-state index in [1.54, 1.807) is 0 Å². The fourth-order valence-electron chi connectivity index (χ4n) is 2.59. The van der Waals surface area contributed by atoms with Crippen molar-refractivity contribution in [3.05, 3.63) is 24.0 Å². The maximum atomic E-state index is 9.29. The maximum absolute atomic E-state index is 9.29. The highest BCUT2D eigenvalue weighted by Crippen LogP contribution is 2.27. The van der Waals surface area contributed by atoms with Crippen molar-refractivity contribution >= 4 is 0 Å². The molecule has 0 radical (unpaired) electrons. The fourth-order valence-corrected chi connectivity index (χ4v) is 2.59. The van der Waals surface area contributed by atoms with Crippen LogP contribution in [0.25, 0.3) is 0 Å². The lowest BCUT2D eigenvalue weighted by molar-refractivity contribution is 0.162. The van der Waals surface area contributed by atoms with Gasteiger partial charge in [-0.1, -0.05) is 19.3 Å². The highest BCUT2D eigenvalue weighted by molar-refractivity contribution is 5.16. The number of rotatable bonds is 3. The Balaban J connectivity index is 2.06. The van der Waals surface area contributed by atoms with Gasteiger partial charge in [0.15, 0.2) is 0 Å². The largest absolute Gasteiger partial charge is 0.363 e. The number of hydrogen-bond acceptors (Lipinski definition) is 2. The van der Waals surface area contributed by atoms with Crippen molar-refractivity contribution in [2.75, 3.05) is 7.05 Å². The molecule has 0 spiro atoms. The molecule has 3 heteroatoms. The SMILES string of the molecule is CN(C1CCCCC1)C(C#N)c1ccc[nH]1. The molecule has 86 valence electrons. The molecule has 0 amide bonds. The lowest BCUT2D eigenvalue weighted by Gasteiger charge is -2.33. The number of H-pyrrole nitrogens is 1. The Morgan fingerprint density at radius 1 is 1.44 bits per heavy atom. The molecule has 1 atom stereocenters. The molecule has 0 bridgehead atoms. The minimum atomic E-state index is -0.127. The van der Waals surface area contributed by atoms with Crippen molar-refractivity contribution in [1.29, 1.82) is 5.26 Å². The first-order valence-electron chi connectivity index (χ1n) is 6.08. The summed E-state index contributed by atoms with van der Waals surface area (Å²) in [4.78, 5) is 5.37. The monoisotopic (exact) mass is 217 g/mol. The van der Waals surface area contributed by atoms with E-state index < -0.39 is 0 Å². The Bertz CT molecular complexity index is 344. The standard InChI is InChI=1S/C13H19N3/c1-16(11-6-3-2-4-7-11)13(10-14)12-8-5-9-15-12/h5,8-9,11,13,15H,2-4,6-7H2,1H3. The van der Waals surface area contributed by atoms with Crippen molar-refractivity contribution in [2.45, 2.75) is 44.2 Å². The van der Waals surface area contributed by atoms with E-state index in [9.17, 15) is 5.26 Å². The second-order valence-electron chi connectivity index (χ2n) is 4.61. The number of aromatic nitrogens is 1. The molecule has 0 saturated heterocycles. The zero-order valence-electron chi connectivity index (χ0n) is 9.82. The van der Waals surface area contributed by atoms with Gasteiger partial charge in [-0.15, -0.1) is 0 Å². The second-order valence-corrected chi connectivity index (χ2v) is 4.61. The summed E-state index contributed by atoms with van der Waals surface area (Å²) in [7, 11) is 2.07. The van der Waals surface area contributed by atoms with Crippen LogP contribution >= 0.6 is 0 Å². The second kappa shape index (κ2) is 5.18. The topological polar surface area (TPSA) is 42.8 Å². The third-order valence-electron chi connectivity index (χ3n) is 3.60. The van der Waals surface area contributed by atoms with Crippen molar-refractivity contribution in [2.24, 2.45) is 0 Å². The van der Waals surface area contributed by atoms with Gasteiger partial charge in [-0.2, -0.15) is 5.26 Å². The Morgan fingerprint density at radius 2 is 2.19 bits per heavy atom. The van der Waals surface area contributed by atoms with E-state index in [0.29, 0.717) is 6.04 Å². The van der Waals surface area contributed by atoms with Crippen LogP contribution < -0.4 is 0 Å². The van der Waals surface area contributed by atoms with Crippen molar-refractivity contribution < 1.29 is 0 Å². The van der Waals surface area contributed by atoms with Gasteiger partial charge in [0.2, 0.25) is 0 Å². The van der Waals surface area contributed by atoms with E-state index in [0.717, 1.165) is 5.69 Å². The van der Waals surface area contributed by atoms with Crippen LogP contribution in [-0.2, 0) is 0 Å². The van der Waals surface area contributed by atoms with Gasteiger partial charge < -0.3 is 4.98 Å². The van der Waals surface area contributed by atoms with Gasteiger partial charge >= 0.3 is 0 Å². The van der Waals surface area contributed by atoms with Crippen LogP contribution in [0.5, 0.6) is 0 Å². The molecule has 0 aromatic carbocycles. The molecule has 1 fully saturated rings. The van der Waals surface area contributed by atoms with E-state index in [1.165, 1.54) is 32.1 Å². The minimum absolute atomic E-state index is 0.127. The summed E-state index contributed by atoms with van der Waals surface area (Å²) in [5.74, 6) is 0. The first-order chi connectivity index (χ1) is 7.83. The predicted octanol–water partition coefficient (Wildman–Crippen LogP) is 2.84. The molecule has 1 unspecified atom stereocenters. The number of nitrogens with one attached hydrogen (secondary N) is 1. The van der Waals surface area contributed by atoms with Crippen LogP contribution in [0.1, 0.15) is 43.8 Å². The van der Waals surface area contributed by atoms with E-state index in [1.807, 2.05) is 18.3 Å². The summed E-state index contributed by atoms with van der Waals surface area (Å²) in [6, 6.07) is 6.79. The van der Waals surface area contributed by atoms with Gasteiger partial charge in [-0.25, -0.2) is 0 Å². The molecule has 16 heavy (non-hydrogen) atoms. The minimum Gasteiger partial charge on any atom is -0.363 e. The lowest BCUT2D eigenvalue weighted by atomic mass is 9.93. The summed E-state index contributed by atoms with van der Waals surface area (Å²) in [6.45, 7) is 0. The van der Waals surface area contributed by atoms with Crippen molar-refractivity contribution in [3.63, 3.8) is 0 Å². The van der Waals surface area contributed by atoms with Crippen LogP contribution in [0.3, 0.4) is 0 Å². The van der Waals surface area contributed by atoms with Crippen LogP contribution in [0, 0.1) is 11.3 Å². The van der Waals surface area contributed by atoms with Crippen LogP contribution in [0.15, 0.2) is 18.3 Å². The molecule has 3 nitrogen and oxygen atoms in total. The fraction of sp³-hybridized carbons (Fsp3) is 0.615. The Labute approximate surface area is 97.1 Å². The van der Waals surface area contributed by atoms with Gasteiger partial charge in [-0.3, -0.25) is 4.90 Å². The molecule has 1 saturated carbocycles. The normalized spacial score (nSPS) is 19.6. The van der Waals surface area contributed by atoms with Gasteiger partial charge in [0.05, 0.1) is 6.07 Å². The van der Waals surface area contributed by atoms with Crippen LogP contribution in [0.2, 0.25) is 0 Å². The average molecular weight is 217 g/mol. The van der Waals surface area contributed by atoms with E-state index >= 15 is 0 Å². The average Bonchev–Trinajstić information content (AvgIpc) is 2.85. The first kappa shape index (κ1) is 11.2. The van der Waals surface area contributed by atoms with E-state index in [2.05, 4.69) is 23.0 Å². The first-order valence-corrected chi connectivity index (χ1v) is 6.08. The number of nitriles is 1. The number of nitrogens with zero attached hydrogens (tertiary/aromatic N) is 2. The summed E-state index contributed by atoms with van der Waals surface area (Å²) in [5.41, 5.74) is 1.01. The molecular formula is C13H19N3. The summed E-state index contributed by atoms with van der Waals surface area (Å²) < 4.78 is 0. The quantitative estimate of drug-likeness (QED) is 0.846. The molecule has 2 rings (SSSR count). The van der Waals surface area contributed by atoms with Crippen molar-refractivity contribution in [1.82, 2.24) is 9.88 Å². The van der Waals surface area contributed by atoms with Gasteiger partial charge in [-0.05, 0) is 32.0 Å². The third-order valence-corrected chi connectivity index (χ3v) is 3.60. The Morgan fingerprint density at radius 3 is 2.75 bits per heavy atom. The molecule has 1 heterocycles. The Hall–Kier alpha value is -1.27. The number of hydrogen-bond donors (Lipinski definition) is 1. The zero-order valence-corrected chi connectivity index (χ0v) is 9.82. The molecule has 1 aromatic rings. The molecule has 1 aliphatic carbocycles. The molecule has 1 aliphatic rings. The molecule has 0 aliphatic heterocycles. The highest BCUT2D eigenvalue weighted by atomic mass is 15.2. The van der Waals surface area contributed by atoms with Crippen molar-refractivity contribution in [3.8, 4) is 6.07 Å². The predicted molar refractivity (Wildman–Crippen MR) is 63.8 cm³/mol.